The number of carbonyl (C=O) groups is 1. The number of carbonyl (C=O) groups excluding carboxylic acids is 1. The van der Waals surface area contributed by atoms with E-state index >= 15 is 0 Å². The SMILES string of the molecule is C=CCOc1ccccc1CNC(=NC)NCc1cccc(C(=O)NC)c1.I. The molecule has 0 aliphatic rings. The van der Waals surface area contributed by atoms with Crippen LogP contribution in [-0.2, 0) is 13.1 Å². The molecule has 0 saturated carbocycles. The molecular weight excluding hydrogens is 467 g/mol. The van der Waals surface area contributed by atoms with E-state index in [0.717, 1.165) is 16.9 Å². The van der Waals surface area contributed by atoms with Gasteiger partial charge in [-0.15, -0.1) is 24.0 Å². The van der Waals surface area contributed by atoms with Gasteiger partial charge in [0.25, 0.3) is 5.91 Å². The van der Waals surface area contributed by atoms with Gasteiger partial charge in [-0.3, -0.25) is 9.79 Å². The van der Waals surface area contributed by atoms with Crippen molar-refractivity contribution >= 4 is 35.8 Å². The lowest BCUT2D eigenvalue weighted by Gasteiger charge is -2.14. The van der Waals surface area contributed by atoms with E-state index in [0.29, 0.717) is 31.2 Å². The maximum Gasteiger partial charge on any atom is 0.251 e. The summed E-state index contributed by atoms with van der Waals surface area (Å²) in [6, 6.07) is 15.3. The summed E-state index contributed by atoms with van der Waals surface area (Å²) in [6.07, 6.45) is 1.72. The summed E-state index contributed by atoms with van der Waals surface area (Å²) in [6.45, 7) is 5.27. The van der Waals surface area contributed by atoms with Gasteiger partial charge in [-0.2, -0.15) is 0 Å². The number of hydrogen-bond acceptors (Lipinski definition) is 3. The summed E-state index contributed by atoms with van der Waals surface area (Å²) in [5.74, 6) is 1.38. The van der Waals surface area contributed by atoms with Crippen LogP contribution in [-0.4, -0.2) is 32.6 Å². The van der Waals surface area contributed by atoms with Gasteiger partial charge in [0.1, 0.15) is 12.4 Å². The molecule has 0 atom stereocenters. The van der Waals surface area contributed by atoms with Crippen LogP contribution in [0.5, 0.6) is 5.75 Å². The van der Waals surface area contributed by atoms with E-state index in [1.807, 2.05) is 42.5 Å². The normalized spacial score (nSPS) is 10.4. The van der Waals surface area contributed by atoms with Crippen LogP contribution >= 0.6 is 24.0 Å². The van der Waals surface area contributed by atoms with Crippen molar-refractivity contribution in [3.05, 3.63) is 77.9 Å². The summed E-state index contributed by atoms with van der Waals surface area (Å²) in [4.78, 5) is 16.0. The predicted octanol–water partition coefficient (Wildman–Crippen LogP) is 3.09. The molecule has 0 fully saturated rings. The number of aliphatic imine (C=N–C) groups is 1. The molecule has 28 heavy (non-hydrogen) atoms. The number of nitrogens with zero attached hydrogens (tertiary/aromatic N) is 1. The van der Waals surface area contributed by atoms with Gasteiger partial charge in [0.2, 0.25) is 0 Å². The number of hydrogen-bond donors (Lipinski definition) is 3. The number of nitrogens with one attached hydrogen (secondary N) is 3. The molecule has 0 saturated heterocycles. The fourth-order valence-electron chi connectivity index (χ4n) is 2.49. The minimum absolute atomic E-state index is 0. The number of benzene rings is 2. The molecule has 150 valence electrons. The molecule has 0 spiro atoms. The third kappa shape index (κ3) is 7.22. The Morgan fingerprint density at radius 3 is 2.61 bits per heavy atom. The van der Waals surface area contributed by atoms with Crippen molar-refractivity contribution in [2.75, 3.05) is 20.7 Å². The largest absolute Gasteiger partial charge is 0.489 e. The Morgan fingerprint density at radius 2 is 1.89 bits per heavy atom. The number of para-hydroxylation sites is 1. The maximum atomic E-state index is 11.7. The lowest BCUT2D eigenvalue weighted by molar-refractivity contribution is 0.0963. The third-order valence-electron chi connectivity index (χ3n) is 3.88. The maximum absolute atomic E-state index is 11.7. The highest BCUT2D eigenvalue weighted by Gasteiger charge is 2.06. The summed E-state index contributed by atoms with van der Waals surface area (Å²) in [7, 11) is 3.34. The summed E-state index contributed by atoms with van der Waals surface area (Å²) < 4.78 is 5.67. The van der Waals surface area contributed by atoms with Crippen LogP contribution < -0.4 is 20.7 Å². The monoisotopic (exact) mass is 494 g/mol. The van der Waals surface area contributed by atoms with Crippen molar-refractivity contribution in [1.29, 1.82) is 0 Å². The second-order valence-electron chi connectivity index (χ2n) is 5.77. The van der Waals surface area contributed by atoms with Crippen LogP contribution in [0, 0.1) is 0 Å². The van der Waals surface area contributed by atoms with Crippen LogP contribution in [0.25, 0.3) is 0 Å². The predicted molar refractivity (Wildman–Crippen MR) is 124 cm³/mol. The highest BCUT2D eigenvalue weighted by molar-refractivity contribution is 14.0. The van der Waals surface area contributed by atoms with Gasteiger partial charge in [-0.05, 0) is 23.8 Å². The Kier molecular flexibility index (Phi) is 10.7. The summed E-state index contributed by atoms with van der Waals surface area (Å²) in [5.41, 5.74) is 2.66. The molecule has 1 amide bonds. The fraction of sp³-hybridized carbons (Fsp3) is 0.238. The quantitative estimate of drug-likeness (QED) is 0.228. The van der Waals surface area contributed by atoms with E-state index in [1.165, 1.54) is 0 Å². The van der Waals surface area contributed by atoms with Crippen LogP contribution in [0.3, 0.4) is 0 Å². The zero-order valence-corrected chi connectivity index (χ0v) is 18.5. The third-order valence-corrected chi connectivity index (χ3v) is 3.88. The van der Waals surface area contributed by atoms with Gasteiger partial charge in [0.05, 0.1) is 0 Å². The lowest BCUT2D eigenvalue weighted by Crippen LogP contribution is -2.36. The number of guanidine groups is 1. The second-order valence-corrected chi connectivity index (χ2v) is 5.77. The molecule has 6 nitrogen and oxygen atoms in total. The van der Waals surface area contributed by atoms with E-state index in [9.17, 15) is 4.79 Å². The topological polar surface area (TPSA) is 74.8 Å². The first-order valence-electron chi connectivity index (χ1n) is 8.75. The smallest absolute Gasteiger partial charge is 0.251 e. The van der Waals surface area contributed by atoms with E-state index in [1.54, 1.807) is 26.2 Å². The first-order valence-corrected chi connectivity index (χ1v) is 8.75. The van der Waals surface area contributed by atoms with Gasteiger partial charge in [0.15, 0.2) is 5.96 Å². The summed E-state index contributed by atoms with van der Waals surface area (Å²) in [5, 5.41) is 9.16. The first kappa shape index (κ1) is 23.5. The van der Waals surface area contributed by atoms with Crippen molar-refractivity contribution in [3.8, 4) is 5.75 Å². The second kappa shape index (κ2) is 12.8. The Balaban J connectivity index is 0.00000392. The van der Waals surface area contributed by atoms with Gasteiger partial charge in [0, 0.05) is 38.3 Å². The molecular formula is C21H27IN4O2. The zero-order chi connectivity index (χ0) is 19.5. The highest BCUT2D eigenvalue weighted by atomic mass is 127. The van der Waals surface area contributed by atoms with Crippen LogP contribution in [0.1, 0.15) is 21.5 Å². The van der Waals surface area contributed by atoms with Crippen LogP contribution in [0.15, 0.2) is 66.2 Å². The van der Waals surface area contributed by atoms with E-state index in [-0.39, 0.29) is 29.9 Å². The Hall–Kier alpha value is -2.55. The van der Waals surface area contributed by atoms with Crippen molar-refractivity contribution in [2.45, 2.75) is 13.1 Å². The Morgan fingerprint density at radius 1 is 1.14 bits per heavy atom. The first-order chi connectivity index (χ1) is 13.2. The van der Waals surface area contributed by atoms with Crippen molar-refractivity contribution in [1.82, 2.24) is 16.0 Å². The Labute approximate surface area is 183 Å². The average molecular weight is 494 g/mol. The molecule has 2 rings (SSSR count). The van der Waals surface area contributed by atoms with Crippen LogP contribution in [0.4, 0.5) is 0 Å². The van der Waals surface area contributed by atoms with E-state index in [2.05, 4.69) is 27.5 Å². The average Bonchev–Trinajstić information content (AvgIpc) is 2.72. The fourth-order valence-corrected chi connectivity index (χ4v) is 2.49. The molecule has 0 bridgehead atoms. The molecule has 0 radical (unpaired) electrons. The minimum atomic E-state index is -0.101. The van der Waals surface area contributed by atoms with E-state index < -0.39 is 0 Å². The molecule has 7 heteroatoms. The van der Waals surface area contributed by atoms with Crippen LogP contribution in [0.2, 0.25) is 0 Å². The van der Waals surface area contributed by atoms with E-state index in [4.69, 9.17) is 4.74 Å². The minimum Gasteiger partial charge on any atom is -0.489 e. The molecule has 0 aliphatic heterocycles. The molecule has 3 N–H and O–H groups in total. The molecule has 0 unspecified atom stereocenters. The molecule has 0 heterocycles. The zero-order valence-electron chi connectivity index (χ0n) is 16.2. The summed E-state index contributed by atoms with van der Waals surface area (Å²) >= 11 is 0. The number of amides is 1. The van der Waals surface area contributed by atoms with Crippen molar-refractivity contribution in [2.24, 2.45) is 4.99 Å². The molecule has 2 aromatic rings. The Bertz CT molecular complexity index is 808. The van der Waals surface area contributed by atoms with Gasteiger partial charge in [-0.1, -0.05) is 43.0 Å². The lowest BCUT2D eigenvalue weighted by atomic mass is 10.1. The highest BCUT2D eigenvalue weighted by Crippen LogP contribution is 2.17. The van der Waals surface area contributed by atoms with Gasteiger partial charge >= 0.3 is 0 Å². The standard InChI is InChI=1S/C21H26N4O2.HI/c1-4-12-27-19-11-6-5-9-18(19)15-25-21(23-3)24-14-16-8-7-10-17(13-16)20(26)22-2;/h4-11,13H,1,12,14-15H2,2-3H3,(H,22,26)(H2,23,24,25);1H. The molecule has 0 aromatic heterocycles. The number of rotatable bonds is 8. The van der Waals surface area contributed by atoms with Crippen molar-refractivity contribution < 1.29 is 9.53 Å². The van der Waals surface area contributed by atoms with Gasteiger partial charge < -0.3 is 20.7 Å². The van der Waals surface area contributed by atoms with Gasteiger partial charge in [-0.25, -0.2) is 0 Å². The molecule has 2 aromatic carbocycles. The number of ether oxygens (including phenoxy) is 1. The van der Waals surface area contributed by atoms with Crippen molar-refractivity contribution in [3.63, 3.8) is 0 Å². The number of halogens is 1. The molecule has 0 aliphatic carbocycles.